The minimum atomic E-state index is -1.94. The number of rotatable bonds is 13. The molecule has 2 aliphatic rings. The van der Waals surface area contributed by atoms with Crippen LogP contribution in [0.5, 0.6) is 0 Å². The number of fused-ring (bicyclic) bond motifs is 1. The summed E-state index contributed by atoms with van der Waals surface area (Å²) < 4.78 is 31.9. The first kappa shape index (κ1) is 51.3. The van der Waals surface area contributed by atoms with Crippen molar-refractivity contribution in [3.8, 4) is 0 Å². The SMILES string of the molecule is CC[C@H]1OC(=O)[C@H](C)[C@@H](OC(=O)Cc2cccnc2)[C@H](C)[C@@H](O[C@@H]2O[C@H](C)C[C@H](N(C)C)[C@H]2O)[C@](C)(O)C[C@@H](C)C(OCCN(C)Cc2cnc3ccccc3c2)[C@H](C)[C@@H](O)[C@]1(C)O. The van der Waals surface area contributed by atoms with Crippen molar-refractivity contribution in [2.45, 2.75) is 154 Å². The van der Waals surface area contributed by atoms with Crippen LogP contribution in [-0.4, -0.2) is 153 Å². The first-order valence-corrected chi connectivity index (χ1v) is 22.8. The van der Waals surface area contributed by atoms with Gasteiger partial charge in [0.05, 0.1) is 54.5 Å². The van der Waals surface area contributed by atoms with E-state index in [-0.39, 0.29) is 38.0 Å². The number of cyclic esters (lactones) is 1. The summed E-state index contributed by atoms with van der Waals surface area (Å²) >= 11 is 0. The molecular weight excluding hydrogens is 821 g/mol. The van der Waals surface area contributed by atoms with Crippen LogP contribution < -0.4 is 0 Å². The van der Waals surface area contributed by atoms with Gasteiger partial charge in [-0.25, -0.2) is 0 Å². The molecule has 2 aliphatic heterocycles. The van der Waals surface area contributed by atoms with Gasteiger partial charge in [0.1, 0.15) is 23.9 Å². The molecule has 64 heavy (non-hydrogen) atoms. The zero-order chi connectivity index (χ0) is 47.1. The fourth-order valence-corrected chi connectivity index (χ4v) is 9.89. The number of aliphatic hydroxyl groups is 4. The molecule has 0 aliphatic carbocycles. The van der Waals surface area contributed by atoms with Crippen molar-refractivity contribution in [2.75, 3.05) is 34.3 Å². The van der Waals surface area contributed by atoms with E-state index in [2.05, 4.69) is 20.9 Å². The predicted molar refractivity (Wildman–Crippen MR) is 242 cm³/mol. The van der Waals surface area contributed by atoms with Crippen molar-refractivity contribution in [1.29, 1.82) is 0 Å². The largest absolute Gasteiger partial charge is 0.461 e. The van der Waals surface area contributed by atoms with Gasteiger partial charge in [0.2, 0.25) is 0 Å². The van der Waals surface area contributed by atoms with Gasteiger partial charge >= 0.3 is 11.9 Å². The van der Waals surface area contributed by atoms with Crippen molar-refractivity contribution < 1.29 is 53.7 Å². The Morgan fingerprint density at radius 3 is 2.34 bits per heavy atom. The summed E-state index contributed by atoms with van der Waals surface area (Å²) in [6.45, 7) is 15.1. The summed E-state index contributed by atoms with van der Waals surface area (Å²) in [6.07, 6.45) is -2.81. The second-order valence-corrected chi connectivity index (χ2v) is 19.3. The van der Waals surface area contributed by atoms with E-state index in [4.69, 9.17) is 23.7 Å². The van der Waals surface area contributed by atoms with Gasteiger partial charge in [0.15, 0.2) is 6.29 Å². The molecule has 0 radical (unpaired) electrons. The van der Waals surface area contributed by atoms with E-state index in [1.54, 1.807) is 59.1 Å². The lowest BCUT2D eigenvalue weighted by molar-refractivity contribution is -0.300. The van der Waals surface area contributed by atoms with Crippen LogP contribution in [0.25, 0.3) is 10.9 Å². The highest BCUT2D eigenvalue weighted by atomic mass is 16.7. The molecule has 0 bridgehead atoms. The first-order valence-electron chi connectivity index (χ1n) is 22.8. The highest BCUT2D eigenvalue weighted by molar-refractivity contribution is 5.78. The molecule has 1 unspecified atom stereocenters. The lowest BCUT2D eigenvalue weighted by Gasteiger charge is -2.48. The topological polar surface area (TPSA) is 193 Å². The lowest BCUT2D eigenvalue weighted by atomic mass is 9.73. The smallest absolute Gasteiger partial charge is 0.312 e. The number of aromatic nitrogens is 2. The Morgan fingerprint density at radius 2 is 1.67 bits per heavy atom. The fourth-order valence-electron chi connectivity index (χ4n) is 9.89. The average molecular weight is 895 g/mol. The Hall–Kier alpha value is -3.64. The maximum atomic E-state index is 14.3. The van der Waals surface area contributed by atoms with Gasteiger partial charge in [0, 0.05) is 54.9 Å². The second kappa shape index (κ2) is 22.2. The Morgan fingerprint density at radius 1 is 0.953 bits per heavy atom. The summed E-state index contributed by atoms with van der Waals surface area (Å²) in [5.41, 5.74) is -1.13. The quantitative estimate of drug-likeness (QED) is 0.175. The van der Waals surface area contributed by atoms with Crippen molar-refractivity contribution in [3.63, 3.8) is 0 Å². The zero-order valence-corrected chi connectivity index (χ0v) is 39.7. The number of hydrogen-bond acceptors (Lipinski definition) is 15. The van der Waals surface area contributed by atoms with Crippen molar-refractivity contribution >= 4 is 22.8 Å². The fraction of sp³-hybridized carbons (Fsp3) is 0.673. The van der Waals surface area contributed by atoms with Crippen molar-refractivity contribution in [2.24, 2.45) is 23.7 Å². The van der Waals surface area contributed by atoms with Crippen LogP contribution in [0.15, 0.2) is 61.1 Å². The van der Waals surface area contributed by atoms with E-state index >= 15 is 0 Å². The van der Waals surface area contributed by atoms with Gasteiger partial charge in [-0.05, 0) is 103 Å². The molecule has 4 heterocycles. The van der Waals surface area contributed by atoms with E-state index < -0.39 is 89.7 Å². The molecule has 3 aromatic rings. The van der Waals surface area contributed by atoms with Gasteiger partial charge in [-0.1, -0.05) is 52.0 Å². The van der Waals surface area contributed by atoms with Crippen LogP contribution in [0, 0.1) is 23.7 Å². The van der Waals surface area contributed by atoms with E-state index in [9.17, 15) is 30.0 Å². The number of para-hydroxylation sites is 1. The molecule has 0 amide bonds. The molecule has 2 fully saturated rings. The molecule has 15 atom stereocenters. The molecule has 0 spiro atoms. The van der Waals surface area contributed by atoms with E-state index in [1.165, 1.54) is 6.92 Å². The Labute approximate surface area is 379 Å². The van der Waals surface area contributed by atoms with Crippen molar-refractivity contribution in [3.05, 3.63) is 72.2 Å². The third-order valence-corrected chi connectivity index (χ3v) is 13.4. The van der Waals surface area contributed by atoms with E-state index in [1.807, 2.05) is 70.4 Å². The van der Waals surface area contributed by atoms with Crippen LogP contribution in [0.4, 0.5) is 0 Å². The predicted octanol–water partition coefficient (Wildman–Crippen LogP) is 4.55. The number of esters is 2. The molecule has 2 saturated heterocycles. The summed E-state index contributed by atoms with van der Waals surface area (Å²) in [7, 11) is 5.72. The summed E-state index contributed by atoms with van der Waals surface area (Å²) in [6, 6.07) is 13.2. The summed E-state index contributed by atoms with van der Waals surface area (Å²) in [4.78, 5) is 40.8. The van der Waals surface area contributed by atoms with E-state index in [0.29, 0.717) is 25.1 Å². The molecule has 2 aromatic heterocycles. The van der Waals surface area contributed by atoms with Gasteiger partial charge < -0.3 is 49.0 Å². The minimum Gasteiger partial charge on any atom is -0.461 e. The number of ether oxygens (including phenoxy) is 5. The normalized spacial score (nSPS) is 35.8. The Balaban J connectivity index is 1.50. The average Bonchev–Trinajstić information content (AvgIpc) is 3.24. The molecule has 4 N–H and O–H groups in total. The van der Waals surface area contributed by atoms with Gasteiger partial charge in [-0.15, -0.1) is 0 Å². The maximum absolute atomic E-state index is 14.3. The molecule has 15 nitrogen and oxygen atoms in total. The van der Waals surface area contributed by atoms with Gasteiger partial charge in [-0.2, -0.15) is 0 Å². The number of likely N-dealkylation sites (N-methyl/N-ethyl adjacent to an activating group) is 2. The van der Waals surface area contributed by atoms with Crippen LogP contribution in [0.3, 0.4) is 0 Å². The first-order chi connectivity index (χ1) is 30.1. The number of carbonyl (C=O) groups is 2. The van der Waals surface area contributed by atoms with E-state index in [0.717, 1.165) is 16.5 Å². The highest BCUT2D eigenvalue weighted by Gasteiger charge is 2.52. The number of hydrogen-bond donors (Lipinski definition) is 4. The molecular formula is C49H74N4O11. The number of benzene rings is 1. The third kappa shape index (κ3) is 12.6. The Kier molecular flexibility index (Phi) is 17.8. The molecule has 356 valence electrons. The number of pyridine rings is 2. The molecule has 0 saturated carbocycles. The van der Waals surface area contributed by atoms with Gasteiger partial charge in [-0.3, -0.25) is 24.5 Å². The molecule has 1 aromatic carbocycles. The lowest BCUT2D eigenvalue weighted by Crippen LogP contribution is -2.60. The summed E-state index contributed by atoms with van der Waals surface area (Å²) in [5.74, 6) is -4.69. The van der Waals surface area contributed by atoms with Crippen LogP contribution in [0.2, 0.25) is 0 Å². The molecule has 15 heteroatoms. The van der Waals surface area contributed by atoms with Gasteiger partial charge in [0.25, 0.3) is 0 Å². The van der Waals surface area contributed by atoms with Crippen LogP contribution >= 0.6 is 0 Å². The standard InChI is InChI=1S/C49H74N4O11/c1-12-39-49(8,59)44(56)31(4)42(60-21-20-53(11)28-35-23-36-17-13-14-18-37(36)51-27-35)29(2)25-48(7,58)45(64-47-41(55)38(52(9)10)22-30(3)61-47)32(5)43(33(6)46(57)62-39)63-40(54)24-34-16-15-19-50-26-34/h13-19,23,26-27,29-33,38-39,41-45,47,55-56,58-59H,12,20-22,24-25,28H2,1-11H3/t29-,30-,31+,32+,33-,38+,39-,41-,42?,43+,44-,45-,47+,48-,49-/m1/s1. The summed E-state index contributed by atoms with van der Waals surface area (Å²) in [5, 5.41) is 49.8. The molecule has 5 rings (SSSR count). The monoisotopic (exact) mass is 895 g/mol. The second-order valence-electron chi connectivity index (χ2n) is 19.3. The number of carbonyl (C=O) groups excluding carboxylic acids is 2. The van der Waals surface area contributed by atoms with Crippen LogP contribution in [0.1, 0.15) is 85.8 Å². The third-order valence-electron chi connectivity index (χ3n) is 13.4. The minimum absolute atomic E-state index is 0.0341. The Bertz CT molecular complexity index is 1950. The van der Waals surface area contributed by atoms with Crippen molar-refractivity contribution in [1.82, 2.24) is 19.8 Å². The number of aliphatic hydroxyl groups excluding tert-OH is 2. The highest BCUT2D eigenvalue weighted by Crippen LogP contribution is 2.40. The maximum Gasteiger partial charge on any atom is 0.312 e. The van der Waals surface area contributed by atoms with Crippen LogP contribution in [-0.2, 0) is 46.2 Å². The number of nitrogens with zero attached hydrogens (tertiary/aromatic N) is 4. The zero-order valence-electron chi connectivity index (χ0n) is 39.7.